The van der Waals surface area contributed by atoms with E-state index in [2.05, 4.69) is 14.9 Å². The Morgan fingerprint density at radius 1 is 0.914 bits per heavy atom. The minimum absolute atomic E-state index is 0.0992. The van der Waals surface area contributed by atoms with Crippen LogP contribution >= 0.6 is 0 Å². The zero-order valence-electron chi connectivity index (χ0n) is 20.4. The van der Waals surface area contributed by atoms with Gasteiger partial charge in [-0.2, -0.15) is 5.10 Å². The fourth-order valence-electron chi connectivity index (χ4n) is 4.74. The van der Waals surface area contributed by atoms with Crippen molar-refractivity contribution in [2.45, 2.75) is 6.67 Å². The topological polar surface area (TPSA) is 74.0 Å². The number of piperazine rings is 1. The summed E-state index contributed by atoms with van der Waals surface area (Å²) < 4.78 is 20.2. The first-order valence-corrected chi connectivity index (χ1v) is 11.8. The third-order valence-electron chi connectivity index (χ3n) is 6.73. The van der Waals surface area contributed by atoms with E-state index in [0.717, 1.165) is 54.8 Å². The van der Waals surface area contributed by atoms with Crippen molar-refractivity contribution in [2.75, 3.05) is 53.6 Å². The van der Waals surface area contributed by atoms with Crippen molar-refractivity contribution < 1.29 is 14.2 Å². The molecule has 1 aliphatic heterocycles. The van der Waals surface area contributed by atoms with Crippen LogP contribution < -0.4 is 19.8 Å². The number of rotatable bonds is 8. The van der Waals surface area contributed by atoms with Crippen LogP contribution in [0.15, 0.2) is 53.5 Å². The Hall–Kier alpha value is -3.56. The highest BCUT2D eigenvalue weighted by atomic mass is 16.5. The average Bonchev–Trinajstić information content (AvgIpc) is 3.17. The van der Waals surface area contributed by atoms with Crippen LogP contribution in [0.5, 0.6) is 17.2 Å². The molecule has 0 unspecified atom stereocenters. The zero-order chi connectivity index (χ0) is 24.4. The lowest BCUT2D eigenvalue weighted by Crippen LogP contribution is -2.48. The molecule has 0 spiro atoms. The SMILES string of the molecule is COc1cc2c3cnn(CN4CCN(CCOc5ccccc5)CC4)c(=O)c3n(C)c2cc1OC. The van der Waals surface area contributed by atoms with Gasteiger partial charge in [0.15, 0.2) is 11.5 Å². The minimum Gasteiger partial charge on any atom is -0.493 e. The van der Waals surface area contributed by atoms with Gasteiger partial charge >= 0.3 is 0 Å². The molecule has 9 nitrogen and oxygen atoms in total. The molecule has 1 fully saturated rings. The summed E-state index contributed by atoms with van der Waals surface area (Å²) in [6.07, 6.45) is 1.78. The number of hydrogen-bond donors (Lipinski definition) is 0. The molecule has 0 amide bonds. The number of fused-ring (bicyclic) bond motifs is 3. The number of aromatic nitrogens is 3. The monoisotopic (exact) mass is 477 g/mol. The highest BCUT2D eigenvalue weighted by molar-refractivity contribution is 6.08. The molecule has 2 aromatic heterocycles. The molecule has 1 aliphatic rings. The largest absolute Gasteiger partial charge is 0.493 e. The van der Waals surface area contributed by atoms with Crippen LogP contribution in [0.25, 0.3) is 21.8 Å². The summed E-state index contributed by atoms with van der Waals surface area (Å²) in [5.41, 5.74) is 1.43. The molecule has 184 valence electrons. The van der Waals surface area contributed by atoms with Crippen LogP contribution in [0.3, 0.4) is 0 Å². The second-order valence-electron chi connectivity index (χ2n) is 8.76. The number of para-hydroxylation sites is 1. The Morgan fingerprint density at radius 2 is 1.60 bits per heavy atom. The Morgan fingerprint density at radius 3 is 2.31 bits per heavy atom. The molecule has 3 heterocycles. The van der Waals surface area contributed by atoms with E-state index < -0.39 is 0 Å². The second-order valence-corrected chi connectivity index (χ2v) is 8.76. The van der Waals surface area contributed by atoms with Gasteiger partial charge in [-0.3, -0.25) is 14.6 Å². The molecule has 1 saturated heterocycles. The van der Waals surface area contributed by atoms with Crippen molar-refractivity contribution >= 4 is 21.8 Å². The summed E-state index contributed by atoms with van der Waals surface area (Å²) in [4.78, 5) is 18.1. The zero-order valence-corrected chi connectivity index (χ0v) is 20.4. The molecule has 4 aromatic rings. The molecular weight excluding hydrogens is 446 g/mol. The molecule has 5 rings (SSSR count). The van der Waals surface area contributed by atoms with Gasteiger partial charge in [0.1, 0.15) is 17.9 Å². The quantitative estimate of drug-likeness (QED) is 0.386. The molecule has 0 aliphatic carbocycles. The summed E-state index contributed by atoms with van der Waals surface area (Å²) >= 11 is 0. The lowest BCUT2D eigenvalue weighted by atomic mass is 10.2. The fourth-order valence-corrected chi connectivity index (χ4v) is 4.74. The molecular formula is C26H31N5O4. The summed E-state index contributed by atoms with van der Waals surface area (Å²) in [6, 6.07) is 13.7. The normalized spacial score (nSPS) is 15.1. The lowest BCUT2D eigenvalue weighted by molar-refractivity contribution is 0.0913. The lowest BCUT2D eigenvalue weighted by Gasteiger charge is -2.34. The van der Waals surface area contributed by atoms with Crippen molar-refractivity contribution in [3.63, 3.8) is 0 Å². The third kappa shape index (κ3) is 4.56. The predicted molar refractivity (Wildman–Crippen MR) is 136 cm³/mol. The van der Waals surface area contributed by atoms with E-state index in [0.29, 0.717) is 30.3 Å². The van der Waals surface area contributed by atoms with E-state index in [-0.39, 0.29) is 5.56 Å². The molecule has 0 bridgehead atoms. The van der Waals surface area contributed by atoms with Crippen molar-refractivity contribution in [3.8, 4) is 17.2 Å². The Bertz CT molecular complexity index is 1370. The van der Waals surface area contributed by atoms with Crippen LogP contribution in [-0.2, 0) is 13.7 Å². The van der Waals surface area contributed by atoms with Gasteiger partial charge < -0.3 is 18.8 Å². The van der Waals surface area contributed by atoms with E-state index >= 15 is 0 Å². The molecule has 0 N–H and O–H groups in total. The van der Waals surface area contributed by atoms with Gasteiger partial charge in [0.05, 0.1) is 32.6 Å². The first kappa shape index (κ1) is 23.2. The van der Waals surface area contributed by atoms with Crippen LogP contribution in [-0.4, -0.2) is 77.7 Å². The first-order valence-electron chi connectivity index (χ1n) is 11.8. The molecule has 35 heavy (non-hydrogen) atoms. The van der Waals surface area contributed by atoms with Crippen LogP contribution in [0, 0.1) is 0 Å². The Kier molecular flexibility index (Phi) is 6.61. The number of hydrogen-bond acceptors (Lipinski definition) is 7. The van der Waals surface area contributed by atoms with Gasteiger partial charge in [0, 0.05) is 56.6 Å². The Labute approximate surface area is 204 Å². The maximum Gasteiger partial charge on any atom is 0.292 e. The predicted octanol–water partition coefficient (Wildman–Crippen LogP) is 2.56. The Balaban J connectivity index is 1.27. The third-order valence-corrected chi connectivity index (χ3v) is 6.73. The van der Waals surface area contributed by atoms with E-state index in [4.69, 9.17) is 14.2 Å². The molecule has 0 radical (unpaired) electrons. The van der Waals surface area contributed by atoms with Crippen molar-refractivity contribution in [1.29, 1.82) is 0 Å². The maximum atomic E-state index is 13.4. The highest BCUT2D eigenvalue weighted by Crippen LogP contribution is 2.36. The van der Waals surface area contributed by atoms with Gasteiger partial charge in [0.2, 0.25) is 0 Å². The summed E-state index contributed by atoms with van der Waals surface area (Å²) in [5, 5.41) is 6.24. The summed E-state index contributed by atoms with van der Waals surface area (Å²) in [5.74, 6) is 2.16. The standard InChI is InChI=1S/C26H31N5O4/c1-28-22-16-24(34-3)23(33-2)15-20(22)21-17-27-31(26(32)25(21)28)18-30-11-9-29(10-12-30)13-14-35-19-7-5-4-6-8-19/h4-8,15-17H,9-14,18H2,1-3H3. The number of nitrogens with zero attached hydrogens (tertiary/aromatic N) is 5. The fraction of sp³-hybridized carbons (Fsp3) is 0.385. The van der Waals surface area contributed by atoms with Gasteiger partial charge in [-0.05, 0) is 18.2 Å². The average molecular weight is 478 g/mol. The van der Waals surface area contributed by atoms with E-state index in [1.54, 1.807) is 25.1 Å². The van der Waals surface area contributed by atoms with Crippen molar-refractivity contribution in [1.82, 2.24) is 24.1 Å². The number of benzene rings is 2. The van der Waals surface area contributed by atoms with Crippen LogP contribution in [0.4, 0.5) is 0 Å². The molecule has 2 aromatic carbocycles. The molecule has 0 saturated carbocycles. The maximum absolute atomic E-state index is 13.4. The summed E-state index contributed by atoms with van der Waals surface area (Å²) in [6.45, 7) is 5.64. The van der Waals surface area contributed by atoms with Gasteiger partial charge in [0.25, 0.3) is 5.56 Å². The van der Waals surface area contributed by atoms with E-state index in [1.165, 1.54) is 0 Å². The smallest absolute Gasteiger partial charge is 0.292 e. The number of ether oxygens (including phenoxy) is 3. The van der Waals surface area contributed by atoms with Crippen molar-refractivity contribution in [3.05, 3.63) is 59.0 Å². The highest BCUT2D eigenvalue weighted by Gasteiger charge is 2.20. The molecule has 0 atom stereocenters. The van der Waals surface area contributed by atoms with Crippen LogP contribution in [0.1, 0.15) is 0 Å². The summed E-state index contributed by atoms with van der Waals surface area (Å²) in [7, 11) is 5.12. The first-order chi connectivity index (χ1) is 17.1. The van der Waals surface area contributed by atoms with E-state index in [9.17, 15) is 4.79 Å². The second kappa shape index (κ2) is 9.97. The number of aryl methyl sites for hydroxylation is 1. The van der Waals surface area contributed by atoms with Crippen LogP contribution in [0.2, 0.25) is 0 Å². The van der Waals surface area contributed by atoms with Gasteiger partial charge in [-0.1, -0.05) is 18.2 Å². The van der Waals surface area contributed by atoms with Crippen molar-refractivity contribution in [2.24, 2.45) is 7.05 Å². The van der Waals surface area contributed by atoms with E-state index in [1.807, 2.05) is 54.1 Å². The van der Waals surface area contributed by atoms with Gasteiger partial charge in [-0.25, -0.2) is 4.68 Å². The van der Waals surface area contributed by atoms with Gasteiger partial charge in [-0.15, -0.1) is 0 Å². The number of methoxy groups -OCH3 is 2. The molecule has 9 heteroatoms. The minimum atomic E-state index is -0.0992.